The van der Waals surface area contributed by atoms with Gasteiger partial charge in [0.15, 0.2) is 6.10 Å². The highest BCUT2D eigenvalue weighted by Crippen LogP contribution is 2.17. The van der Waals surface area contributed by atoms with Gasteiger partial charge in [-0.2, -0.15) is 0 Å². The van der Waals surface area contributed by atoms with E-state index in [1.807, 2.05) is 0 Å². The minimum absolute atomic E-state index is 0.0653. The van der Waals surface area contributed by atoms with E-state index in [2.05, 4.69) is 34.6 Å². The summed E-state index contributed by atoms with van der Waals surface area (Å²) >= 11 is 0. The van der Waals surface area contributed by atoms with Crippen molar-refractivity contribution < 1.29 is 28.6 Å². The summed E-state index contributed by atoms with van der Waals surface area (Å²) in [5, 5.41) is 0. The van der Waals surface area contributed by atoms with Gasteiger partial charge in [-0.1, -0.05) is 227 Å². The zero-order valence-corrected chi connectivity index (χ0v) is 37.6. The van der Waals surface area contributed by atoms with Gasteiger partial charge in [-0.15, -0.1) is 0 Å². The molecule has 0 saturated heterocycles. The number of hydrogen-bond acceptors (Lipinski definition) is 6. The molecule has 0 aliphatic carbocycles. The molecule has 0 radical (unpaired) electrons. The molecule has 0 unspecified atom stereocenters. The van der Waals surface area contributed by atoms with E-state index in [9.17, 15) is 14.4 Å². The smallest absolute Gasteiger partial charge is 0.306 e. The van der Waals surface area contributed by atoms with Gasteiger partial charge in [0.2, 0.25) is 0 Å². The molecule has 0 amide bonds. The molecule has 0 rings (SSSR count). The van der Waals surface area contributed by atoms with Gasteiger partial charge in [-0.3, -0.25) is 14.4 Å². The summed E-state index contributed by atoms with van der Waals surface area (Å²) in [5.74, 6) is 0.719. The second-order valence-electron chi connectivity index (χ2n) is 17.7. The number of unbranched alkanes of at least 4 members (excludes halogenated alkanes) is 28. The van der Waals surface area contributed by atoms with Crippen molar-refractivity contribution in [2.45, 2.75) is 272 Å². The summed E-state index contributed by atoms with van der Waals surface area (Å²) in [7, 11) is 0. The predicted molar refractivity (Wildman–Crippen MR) is 233 cm³/mol. The van der Waals surface area contributed by atoms with Crippen LogP contribution in [0.1, 0.15) is 266 Å². The summed E-state index contributed by atoms with van der Waals surface area (Å²) in [6, 6.07) is 0. The minimum Gasteiger partial charge on any atom is -0.462 e. The molecule has 1 atom stereocenters. The number of rotatable bonds is 43. The Kier molecular flexibility index (Phi) is 40.8. The lowest BCUT2D eigenvalue weighted by atomic mass is 10.0. The van der Waals surface area contributed by atoms with E-state index in [0.29, 0.717) is 19.3 Å². The van der Waals surface area contributed by atoms with Crippen molar-refractivity contribution in [1.29, 1.82) is 0 Å². The fourth-order valence-corrected chi connectivity index (χ4v) is 7.28. The van der Waals surface area contributed by atoms with Crippen molar-refractivity contribution in [3.63, 3.8) is 0 Å². The van der Waals surface area contributed by atoms with Gasteiger partial charge in [-0.05, 0) is 31.1 Å². The molecule has 6 heteroatoms. The molecular weight excluding hydrogens is 685 g/mol. The first kappa shape index (κ1) is 53.4. The molecule has 0 spiro atoms. The lowest BCUT2D eigenvalue weighted by molar-refractivity contribution is -0.167. The van der Waals surface area contributed by atoms with Crippen molar-refractivity contribution in [3.05, 3.63) is 0 Å². The first-order chi connectivity index (χ1) is 26.7. The highest BCUT2D eigenvalue weighted by molar-refractivity contribution is 5.71. The van der Waals surface area contributed by atoms with Crippen LogP contribution >= 0.6 is 0 Å². The van der Waals surface area contributed by atoms with Gasteiger partial charge in [-0.25, -0.2) is 0 Å². The van der Waals surface area contributed by atoms with E-state index < -0.39 is 6.10 Å². The third kappa shape index (κ3) is 43.4. The van der Waals surface area contributed by atoms with Crippen LogP contribution in [0.2, 0.25) is 0 Å². The lowest BCUT2D eigenvalue weighted by Gasteiger charge is -2.18. The van der Waals surface area contributed by atoms with Crippen molar-refractivity contribution in [2.75, 3.05) is 13.2 Å². The van der Waals surface area contributed by atoms with E-state index in [1.54, 1.807) is 0 Å². The Balaban J connectivity index is 4.27. The van der Waals surface area contributed by atoms with Crippen LogP contribution in [0.4, 0.5) is 0 Å². The normalized spacial score (nSPS) is 12.1. The first-order valence-corrected chi connectivity index (χ1v) is 24.2. The van der Waals surface area contributed by atoms with Gasteiger partial charge in [0.05, 0.1) is 0 Å². The molecule has 0 fully saturated rings. The van der Waals surface area contributed by atoms with Gasteiger partial charge in [0, 0.05) is 19.3 Å². The molecule has 0 aromatic rings. The second kappa shape index (κ2) is 42.0. The highest BCUT2D eigenvalue weighted by Gasteiger charge is 2.19. The third-order valence-corrected chi connectivity index (χ3v) is 11.0. The Bertz CT molecular complexity index is 839. The van der Waals surface area contributed by atoms with Crippen LogP contribution in [-0.2, 0) is 28.6 Å². The van der Waals surface area contributed by atoms with Crippen LogP contribution in [0, 0.1) is 11.8 Å². The molecular formula is C49H94O6. The summed E-state index contributed by atoms with van der Waals surface area (Å²) in [5.41, 5.74) is 0. The topological polar surface area (TPSA) is 78.9 Å². The summed E-state index contributed by atoms with van der Waals surface area (Å²) < 4.78 is 16.7. The molecule has 0 bridgehead atoms. The molecule has 0 aromatic carbocycles. The van der Waals surface area contributed by atoms with Crippen LogP contribution in [-0.4, -0.2) is 37.2 Å². The van der Waals surface area contributed by atoms with Crippen LogP contribution in [0.25, 0.3) is 0 Å². The second-order valence-corrected chi connectivity index (χ2v) is 17.7. The average Bonchev–Trinajstić information content (AvgIpc) is 3.15. The predicted octanol–water partition coefficient (Wildman–Crippen LogP) is 15.4. The standard InChI is InChI=1S/C49H94O6/c1-6-7-8-9-10-11-12-13-14-15-16-20-23-29-34-39-47(50)53-42-46(55-49(52)41-36-31-26-25-28-33-38-45(4)5)43-54-48(51)40-35-30-24-21-18-17-19-22-27-32-37-44(2)3/h44-46H,6-43H2,1-5H3/t46-/m0/s1. The van der Waals surface area contributed by atoms with Crippen molar-refractivity contribution in [1.82, 2.24) is 0 Å². The maximum absolute atomic E-state index is 12.7. The summed E-state index contributed by atoms with van der Waals surface area (Å²) in [4.78, 5) is 37.8. The first-order valence-electron chi connectivity index (χ1n) is 24.2. The lowest BCUT2D eigenvalue weighted by Crippen LogP contribution is -2.30. The SMILES string of the molecule is CCCCCCCCCCCCCCCCCC(=O)OC[C@@H](COC(=O)CCCCCCCCCCCCC(C)C)OC(=O)CCCCCCCCC(C)C. The molecule has 0 aliphatic heterocycles. The fraction of sp³-hybridized carbons (Fsp3) is 0.939. The number of hydrogen-bond donors (Lipinski definition) is 0. The van der Waals surface area contributed by atoms with Crippen LogP contribution in [0.5, 0.6) is 0 Å². The van der Waals surface area contributed by atoms with E-state index in [0.717, 1.165) is 69.6 Å². The van der Waals surface area contributed by atoms with Gasteiger partial charge < -0.3 is 14.2 Å². The summed E-state index contributed by atoms with van der Waals surface area (Å²) in [6.45, 7) is 11.3. The highest BCUT2D eigenvalue weighted by atomic mass is 16.6. The van der Waals surface area contributed by atoms with Gasteiger partial charge >= 0.3 is 17.9 Å². The minimum atomic E-state index is -0.761. The maximum atomic E-state index is 12.7. The van der Waals surface area contributed by atoms with Gasteiger partial charge in [0.25, 0.3) is 0 Å². The Hall–Kier alpha value is -1.59. The monoisotopic (exact) mass is 779 g/mol. The van der Waals surface area contributed by atoms with Gasteiger partial charge in [0.1, 0.15) is 13.2 Å². The van der Waals surface area contributed by atoms with Crippen molar-refractivity contribution >= 4 is 17.9 Å². The number of carbonyl (C=O) groups excluding carboxylic acids is 3. The van der Waals surface area contributed by atoms with Crippen LogP contribution in [0.3, 0.4) is 0 Å². The molecule has 0 aromatic heterocycles. The summed E-state index contributed by atoms with van der Waals surface area (Å²) in [6.07, 6.45) is 41.0. The number of carbonyl (C=O) groups is 3. The molecule has 0 N–H and O–H groups in total. The Morgan fingerprint density at radius 2 is 0.600 bits per heavy atom. The van der Waals surface area contributed by atoms with Crippen molar-refractivity contribution in [3.8, 4) is 0 Å². The fourth-order valence-electron chi connectivity index (χ4n) is 7.28. The van der Waals surface area contributed by atoms with E-state index in [4.69, 9.17) is 14.2 Å². The average molecular weight is 779 g/mol. The Morgan fingerprint density at radius 3 is 0.891 bits per heavy atom. The molecule has 0 saturated carbocycles. The van der Waals surface area contributed by atoms with Crippen LogP contribution in [0.15, 0.2) is 0 Å². The van der Waals surface area contributed by atoms with E-state index >= 15 is 0 Å². The van der Waals surface area contributed by atoms with E-state index in [1.165, 1.54) is 154 Å². The van der Waals surface area contributed by atoms with E-state index in [-0.39, 0.29) is 31.1 Å². The molecule has 0 aliphatic rings. The quantitative estimate of drug-likeness (QED) is 0.0348. The molecule has 6 nitrogen and oxygen atoms in total. The third-order valence-electron chi connectivity index (χ3n) is 11.0. The zero-order chi connectivity index (χ0) is 40.5. The number of esters is 3. The van der Waals surface area contributed by atoms with Crippen LogP contribution < -0.4 is 0 Å². The Labute approximate surface area is 342 Å². The Morgan fingerprint density at radius 1 is 0.345 bits per heavy atom. The van der Waals surface area contributed by atoms with Crippen molar-refractivity contribution in [2.24, 2.45) is 11.8 Å². The zero-order valence-electron chi connectivity index (χ0n) is 37.6. The maximum Gasteiger partial charge on any atom is 0.306 e. The number of ether oxygens (including phenoxy) is 3. The molecule has 55 heavy (non-hydrogen) atoms. The largest absolute Gasteiger partial charge is 0.462 e. The molecule has 326 valence electrons. The molecule has 0 heterocycles.